The molecule has 1 aliphatic rings. The number of nitrogens with zero attached hydrogens (tertiary/aromatic N) is 3. The van der Waals surface area contributed by atoms with Crippen molar-refractivity contribution in [1.82, 2.24) is 19.8 Å². The second-order valence-electron chi connectivity index (χ2n) is 8.46. The average molecular weight is 489 g/mol. The molecule has 8 nitrogen and oxygen atoms in total. The smallest absolute Gasteiger partial charge is 0.270 e. The van der Waals surface area contributed by atoms with Crippen molar-refractivity contribution in [2.24, 2.45) is 0 Å². The van der Waals surface area contributed by atoms with Gasteiger partial charge in [0.2, 0.25) is 0 Å². The Hall–Kier alpha value is -3.98. The van der Waals surface area contributed by atoms with E-state index in [1.165, 1.54) is 0 Å². The van der Waals surface area contributed by atoms with Gasteiger partial charge in [0.25, 0.3) is 11.8 Å². The molecule has 1 fully saturated rings. The van der Waals surface area contributed by atoms with Gasteiger partial charge in [-0.2, -0.15) is 0 Å². The average Bonchev–Trinajstić information content (AvgIpc) is 3.43. The van der Waals surface area contributed by atoms with E-state index in [1.54, 1.807) is 76.8 Å². The van der Waals surface area contributed by atoms with Gasteiger partial charge >= 0.3 is 0 Å². The molecule has 3 heterocycles. The highest BCUT2D eigenvalue weighted by molar-refractivity contribution is 7.90. The number of hydrogen-bond acceptors (Lipinski definition) is 5. The lowest BCUT2D eigenvalue weighted by Crippen LogP contribution is -2.50. The highest BCUT2D eigenvalue weighted by atomic mass is 32.2. The minimum absolute atomic E-state index is 0.0749. The van der Waals surface area contributed by atoms with Gasteiger partial charge in [-0.05, 0) is 42.0 Å². The number of carbonyl (C=O) groups excluding carboxylic acids is 2. The van der Waals surface area contributed by atoms with Crippen LogP contribution in [0.15, 0.2) is 84.0 Å². The van der Waals surface area contributed by atoms with Crippen molar-refractivity contribution >= 4 is 32.6 Å². The Morgan fingerprint density at radius 3 is 2.20 bits per heavy atom. The predicted octanol–water partition coefficient (Wildman–Crippen LogP) is 3.14. The first kappa shape index (κ1) is 22.8. The minimum Gasteiger partial charge on any atom is -0.357 e. The summed E-state index contributed by atoms with van der Waals surface area (Å²) >= 11 is 0. The van der Waals surface area contributed by atoms with Crippen LogP contribution in [0.2, 0.25) is 0 Å². The summed E-state index contributed by atoms with van der Waals surface area (Å²) in [5, 5.41) is 0.768. The van der Waals surface area contributed by atoms with Crippen LogP contribution in [0.5, 0.6) is 0 Å². The third kappa shape index (κ3) is 4.67. The van der Waals surface area contributed by atoms with Gasteiger partial charge in [0, 0.05) is 49.5 Å². The summed E-state index contributed by atoms with van der Waals surface area (Å²) in [5.41, 5.74) is 2.07. The summed E-state index contributed by atoms with van der Waals surface area (Å²) in [6, 6.07) is 18.9. The lowest BCUT2D eigenvalue weighted by Gasteiger charge is -2.34. The molecule has 0 radical (unpaired) electrons. The van der Waals surface area contributed by atoms with Crippen LogP contribution >= 0.6 is 0 Å². The quantitative estimate of drug-likeness (QED) is 0.465. The first-order valence-corrected chi connectivity index (χ1v) is 12.9. The number of rotatable bonds is 5. The second kappa shape index (κ2) is 9.34. The number of carbonyl (C=O) groups is 2. The molecule has 0 bridgehead atoms. The Bertz CT molecular complexity index is 1470. The zero-order valence-electron chi connectivity index (χ0n) is 18.9. The molecule has 2 aromatic heterocycles. The summed E-state index contributed by atoms with van der Waals surface area (Å²) < 4.78 is 26.2. The van der Waals surface area contributed by atoms with Crippen molar-refractivity contribution in [2.45, 2.75) is 10.6 Å². The van der Waals surface area contributed by atoms with Crippen molar-refractivity contribution in [1.29, 1.82) is 0 Å². The lowest BCUT2D eigenvalue weighted by atomic mass is 10.1. The van der Waals surface area contributed by atoms with E-state index in [2.05, 4.69) is 9.97 Å². The van der Waals surface area contributed by atoms with Gasteiger partial charge in [0.15, 0.2) is 9.84 Å². The molecule has 4 aromatic rings. The number of aromatic amines is 1. The fourth-order valence-corrected chi connectivity index (χ4v) is 5.83. The van der Waals surface area contributed by atoms with Gasteiger partial charge in [-0.3, -0.25) is 14.6 Å². The van der Waals surface area contributed by atoms with Gasteiger partial charge in [-0.25, -0.2) is 8.42 Å². The zero-order valence-corrected chi connectivity index (χ0v) is 19.7. The summed E-state index contributed by atoms with van der Waals surface area (Å²) in [5.74, 6) is -0.393. The van der Waals surface area contributed by atoms with Crippen molar-refractivity contribution < 1.29 is 18.0 Å². The van der Waals surface area contributed by atoms with E-state index >= 15 is 0 Å². The van der Waals surface area contributed by atoms with E-state index in [9.17, 15) is 18.0 Å². The van der Waals surface area contributed by atoms with Crippen molar-refractivity contribution in [3.63, 3.8) is 0 Å². The molecule has 0 aliphatic carbocycles. The zero-order chi connectivity index (χ0) is 24.4. The number of benzene rings is 2. The molecule has 35 heavy (non-hydrogen) atoms. The van der Waals surface area contributed by atoms with Crippen LogP contribution in [0.4, 0.5) is 0 Å². The van der Waals surface area contributed by atoms with E-state index in [1.807, 2.05) is 12.1 Å². The molecule has 5 rings (SSSR count). The first-order valence-electron chi connectivity index (χ1n) is 11.3. The topological polar surface area (TPSA) is 103 Å². The number of sulfone groups is 1. The number of para-hydroxylation sites is 1. The maximum atomic E-state index is 13.1. The molecule has 1 N–H and O–H groups in total. The van der Waals surface area contributed by atoms with Crippen LogP contribution in [0.1, 0.15) is 26.4 Å². The van der Waals surface area contributed by atoms with E-state index < -0.39 is 9.84 Å². The first-order chi connectivity index (χ1) is 16.9. The third-order valence-electron chi connectivity index (χ3n) is 6.17. The standard InChI is InChI=1S/C26H24N4O4S/c31-25(29-14-16-30(17-15-29)26(32)22-6-3-12-27-22)21-10-8-19(9-11-21)18-35(33,34)23-7-1-4-20-5-2-13-28-24(20)23/h1-13,27H,14-18H2. The normalized spacial score (nSPS) is 14.3. The molecule has 2 aromatic carbocycles. The van der Waals surface area contributed by atoms with Crippen LogP contribution in [0.3, 0.4) is 0 Å². The SMILES string of the molecule is O=C(c1ccc(CS(=O)(=O)c2cccc3cccnc23)cc1)N1CCN(C(=O)c2ccc[nH]2)CC1. The summed E-state index contributed by atoms with van der Waals surface area (Å²) in [6.45, 7) is 1.79. The Morgan fingerprint density at radius 1 is 0.829 bits per heavy atom. The Morgan fingerprint density at radius 2 is 1.51 bits per heavy atom. The van der Waals surface area contributed by atoms with Crippen LogP contribution in [0.25, 0.3) is 10.9 Å². The molecular weight excluding hydrogens is 464 g/mol. The number of pyridine rings is 1. The number of aromatic nitrogens is 2. The van der Waals surface area contributed by atoms with E-state index in [4.69, 9.17) is 0 Å². The number of amides is 2. The highest BCUT2D eigenvalue weighted by Crippen LogP contribution is 2.24. The predicted molar refractivity (Wildman–Crippen MR) is 132 cm³/mol. The van der Waals surface area contributed by atoms with E-state index in [-0.39, 0.29) is 22.5 Å². The Labute approximate surface area is 203 Å². The molecular formula is C26H24N4O4S. The molecule has 0 atom stereocenters. The van der Waals surface area contributed by atoms with Crippen LogP contribution < -0.4 is 0 Å². The van der Waals surface area contributed by atoms with Crippen molar-refractivity contribution in [3.05, 3.63) is 95.9 Å². The Kier molecular flexibility index (Phi) is 6.08. The van der Waals surface area contributed by atoms with Crippen LogP contribution in [-0.4, -0.2) is 66.2 Å². The Balaban J connectivity index is 1.24. The van der Waals surface area contributed by atoms with Gasteiger partial charge in [0.1, 0.15) is 5.69 Å². The molecule has 0 unspecified atom stereocenters. The summed E-state index contributed by atoms with van der Waals surface area (Å²) in [7, 11) is -3.62. The molecule has 1 saturated heterocycles. The maximum absolute atomic E-state index is 13.1. The molecule has 0 saturated carbocycles. The molecule has 178 valence electrons. The van der Waals surface area contributed by atoms with Gasteiger partial charge in [-0.15, -0.1) is 0 Å². The lowest BCUT2D eigenvalue weighted by molar-refractivity contribution is 0.0532. The number of H-pyrrole nitrogens is 1. The van der Waals surface area contributed by atoms with Crippen molar-refractivity contribution in [2.75, 3.05) is 26.2 Å². The van der Waals surface area contributed by atoms with Crippen LogP contribution in [-0.2, 0) is 15.6 Å². The van der Waals surface area contributed by atoms with Gasteiger partial charge < -0.3 is 14.8 Å². The molecule has 9 heteroatoms. The maximum Gasteiger partial charge on any atom is 0.270 e. The number of fused-ring (bicyclic) bond motifs is 1. The second-order valence-corrected chi connectivity index (χ2v) is 10.4. The third-order valence-corrected chi connectivity index (χ3v) is 7.88. The molecule has 0 spiro atoms. The van der Waals surface area contributed by atoms with Crippen LogP contribution in [0, 0.1) is 0 Å². The number of nitrogens with one attached hydrogen (secondary N) is 1. The fourth-order valence-electron chi connectivity index (χ4n) is 4.30. The van der Waals surface area contributed by atoms with E-state index in [0.29, 0.717) is 48.5 Å². The molecule has 1 aliphatic heterocycles. The largest absolute Gasteiger partial charge is 0.357 e. The van der Waals surface area contributed by atoms with E-state index in [0.717, 1.165) is 5.39 Å². The molecule has 2 amide bonds. The monoisotopic (exact) mass is 488 g/mol. The number of piperazine rings is 1. The highest BCUT2D eigenvalue weighted by Gasteiger charge is 2.26. The van der Waals surface area contributed by atoms with Crippen molar-refractivity contribution in [3.8, 4) is 0 Å². The summed E-state index contributed by atoms with van der Waals surface area (Å²) in [6.07, 6.45) is 3.29. The van der Waals surface area contributed by atoms with Gasteiger partial charge in [-0.1, -0.05) is 30.3 Å². The number of hydrogen-bond donors (Lipinski definition) is 1. The van der Waals surface area contributed by atoms with Gasteiger partial charge in [0.05, 0.1) is 16.2 Å². The fraction of sp³-hybridized carbons (Fsp3) is 0.192. The minimum atomic E-state index is -3.62. The summed E-state index contributed by atoms with van der Waals surface area (Å²) in [4.78, 5) is 36.2.